The van der Waals surface area contributed by atoms with E-state index in [1.54, 1.807) is 0 Å². The average molecular weight is 284 g/mol. The van der Waals surface area contributed by atoms with Gasteiger partial charge in [0.05, 0.1) is 5.69 Å². The van der Waals surface area contributed by atoms with Gasteiger partial charge >= 0.3 is 0 Å². The number of hydrogen-bond acceptors (Lipinski definition) is 3. The van der Waals surface area contributed by atoms with Gasteiger partial charge in [-0.3, -0.25) is 9.58 Å². The zero-order chi connectivity index (χ0) is 14.8. The van der Waals surface area contributed by atoms with Crippen molar-refractivity contribution in [2.45, 2.75) is 26.4 Å². The highest BCUT2D eigenvalue weighted by molar-refractivity contribution is 5.64. The molecule has 0 spiro atoms. The van der Waals surface area contributed by atoms with Crippen molar-refractivity contribution in [2.24, 2.45) is 7.05 Å². The summed E-state index contributed by atoms with van der Waals surface area (Å²) in [6.45, 7) is 8.71. The van der Waals surface area contributed by atoms with Crippen LogP contribution >= 0.6 is 0 Å². The monoisotopic (exact) mass is 284 g/mol. The highest BCUT2D eigenvalue weighted by Gasteiger charge is 2.17. The van der Waals surface area contributed by atoms with Crippen molar-refractivity contribution in [3.8, 4) is 11.3 Å². The van der Waals surface area contributed by atoms with Crippen molar-refractivity contribution >= 4 is 0 Å². The molecule has 1 aliphatic rings. The van der Waals surface area contributed by atoms with Gasteiger partial charge in [-0.1, -0.05) is 17.7 Å². The molecular formula is C17H24N4. The third kappa shape index (κ3) is 3.17. The maximum Gasteiger partial charge on any atom is 0.0682 e. The quantitative estimate of drug-likeness (QED) is 0.938. The van der Waals surface area contributed by atoms with E-state index in [4.69, 9.17) is 0 Å². The molecule has 112 valence electrons. The third-order valence-electron chi connectivity index (χ3n) is 4.21. The number of piperazine rings is 1. The predicted octanol–water partition coefficient (Wildman–Crippen LogP) is 2.19. The molecule has 4 heteroatoms. The second kappa shape index (κ2) is 6.00. The number of rotatable bonds is 3. The molecule has 3 rings (SSSR count). The summed E-state index contributed by atoms with van der Waals surface area (Å²) in [7, 11) is 2.01. The lowest BCUT2D eigenvalue weighted by Crippen LogP contribution is -2.48. The first-order valence-electron chi connectivity index (χ1n) is 7.67. The largest absolute Gasteiger partial charge is 0.312 e. The van der Waals surface area contributed by atoms with Crippen molar-refractivity contribution < 1.29 is 0 Å². The van der Waals surface area contributed by atoms with Crippen LogP contribution in [-0.2, 0) is 13.6 Å². The lowest BCUT2D eigenvalue weighted by Gasteiger charge is -2.32. The molecule has 0 bridgehead atoms. The molecule has 4 nitrogen and oxygen atoms in total. The highest BCUT2D eigenvalue weighted by Crippen LogP contribution is 2.26. The fourth-order valence-electron chi connectivity index (χ4n) is 3.10. The van der Waals surface area contributed by atoms with Crippen molar-refractivity contribution in [3.63, 3.8) is 0 Å². The summed E-state index contributed by atoms with van der Waals surface area (Å²) in [5.74, 6) is 0. The van der Waals surface area contributed by atoms with Gasteiger partial charge in [0.2, 0.25) is 0 Å². The summed E-state index contributed by atoms with van der Waals surface area (Å²) in [6.07, 6.45) is 1.87. The van der Waals surface area contributed by atoms with Crippen molar-refractivity contribution in [3.05, 3.63) is 41.6 Å². The second-order valence-electron chi connectivity index (χ2n) is 6.09. The summed E-state index contributed by atoms with van der Waals surface area (Å²) >= 11 is 0. The molecule has 0 radical (unpaired) electrons. The van der Waals surface area contributed by atoms with Gasteiger partial charge in [0.15, 0.2) is 0 Å². The molecule has 0 unspecified atom stereocenters. The molecule has 1 aliphatic heterocycles. The summed E-state index contributed by atoms with van der Waals surface area (Å²) < 4.78 is 1.96. The van der Waals surface area contributed by atoms with Gasteiger partial charge in [-0.15, -0.1) is 0 Å². The zero-order valence-electron chi connectivity index (χ0n) is 13.1. The number of aromatic nitrogens is 2. The SMILES string of the molecule is Cc1ccc(CN2CCN[C@H](C)C2)c(-c2ccnn2C)c1. The van der Waals surface area contributed by atoms with Crippen LogP contribution in [-0.4, -0.2) is 40.4 Å². The Morgan fingerprint density at radius 1 is 1.33 bits per heavy atom. The fraction of sp³-hybridized carbons (Fsp3) is 0.471. The Kier molecular flexibility index (Phi) is 4.08. The fourth-order valence-corrected chi connectivity index (χ4v) is 3.10. The Morgan fingerprint density at radius 3 is 2.90 bits per heavy atom. The standard InChI is InChI=1S/C17H24N4/c1-13-4-5-15(12-21-9-8-18-14(2)11-21)16(10-13)17-6-7-19-20(17)3/h4-7,10,14,18H,8-9,11-12H2,1-3H3/t14-/m1/s1. The first-order valence-corrected chi connectivity index (χ1v) is 7.67. The lowest BCUT2D eigenvalue weighted by atomic mass is 10.0. The van der Waals surface area contributed by atoms with Crippen LogP contribution in [0.1, 0.15) is 18.1 Å². The maximum absolute atomic E-state index is 4.32. The normalized spacial score (nSPS) is 19.9. The van der Waals surface area contributed by atoms with E-state index in [9.17, 15) is 0 Å². The molecule has 0 saturated carbocycles. The molecule has 21 heavy (non-hydrogen) atoms. The van der Waals surface area contributed by atoms with Gasteiger partial charge in [-0.05, 0) is 31.5 Å². The minimum absolute atomic E-state index is 0.573. The van der Waals surface area contributed by atoms with Crippen LogP contribution in [0.25, 0.3) is 11.3 Å². The lowest BCUT2D eigenvalue weighted by molar-refractivity contribution is 0.200. The summed E-state index contributed by atoms with van der Waals surface area (Å²) in [5, 5.41) is 7.82. The van der Waals surface area contributed by atoms with Crippen LogP contribution < -0.4 is 5.32 Å². The van der Waals surface area contributed by atoms with Gasteiger partial charge in [0.25, 0.3) is 0 Å². The van der Waals surface area contributed by atoms with E-state index >= 15 is 0 Å². The Labute approximate surface area is 126 Å². The molecule has 1 fully saturated rings. The average Bonchev–Trinajstić information content (AvgIpc) is 2.87. The first kappa shape index (κ1) is 14.3. The zero-order valence-corrected chi connectivity index (χ0v) is 13.1. The van der Waals surface area contributed by atoms with E-state index in [0.29, 0.717) is 6.04 Å². The Morgan fingerprint density at radius 2 is 2.19 bits per heavy atom. The maximum atomic E-state index is 4.32. The third-order valence-corrected chi connectivity index (χ3v) is 4.21. The van der Waals surface area contributed by atoms with Crippen LogP contribution in [0.15, 0.2) is 30.5 Å². The van der Waals surface area contributed by atoms with E-state index in [1.807, 2.05) is 17.9 Å². The molecular weight excluding hydrogens is 260 g/mol. The molecule has 1 aromatic carbocycles. The first-order chi connectivity index (χ1) is 10.1. The van der Waals surface area contributed by atoms with E-state index in [-0.39, 0.29) is 0 Å². The molecule has 1 N–H and O–H groups in total. The number of nitrogens with zero attached hydrogens (tertiary/aromatic N) is 3. The minimum atomic E-state index is 0.573. The molecule has 1 saturated heterocycles. The van der Waals surface area contributed by atoms with Gasteiger partial charge in [-0.25, -0.2) is 0 Å². The summed E-state index contributed by atoms with van der Waals surface area (Å²) in [5.41, 5.74) is 5.18. The smallest absolute Gasteiger partial charge is 0.0682 e. The van der Waals surface area contributed by atoms with Gasteiger partial charge in [0.1, 0.15) is 0 Å². The van der Waals surface area contributed by atoms with E-state index < -0.39 is 0 Å². The Hall–Kier alpha value is -1.65. The number of hydrogen-bond donors (Lipinski definition) is 1. The van der Waals surface area contributed by atoms with Gasteiger partial charge < -0.3 is 5.32 Å². The number of benzene rings is 1. The van der Waals surface area contributed by atoms with Crippen LogP contribution in [0.4, 0.5) is 0 Å². The predicted molar refractivity (Wildman–Crippen MR) is 86.1 cm³/mol. The van der Waals surface area contributed by atoms with Crippen molar-refractivity contribution in [1.82, 2.24) is 20.0 Å². The Balaban J connectivity index is 1.90. The van der Waals surface area contributed by atoms with Crippen LogP contribution in [0, 0.1) is 6.92 Å². The second-order valence-corrected chi connectivity index (χ2v) is 6.09. The van der Waals surface area contributed by atoms with E-state index in [2.05, 4.69) is 53.4 Å². The molecule has 0 amide bonds. The molecule has 2 aromatic rings. The van der Waals surface area contributed by atoms with E-state index in [0.717, 1.165) is 26.2 Å². The van der Waals surface area contributed by atoms with Crippen LogP contribution in [0.2, 0.25) is 0 Å². The Bertz CT molecular complexity index is 617. The van der Waals surface area contributed by atoms with Gasteiger partial charge in [0, 0.05) is 51.0 Å². The van der Waals surface area contributed by atoms with Crippen molar-refractivity contribution in [2.75, 3.05) is 19.6 Å². The van der Waals surface area contributed by atoms with Gasteiger partial charge in [-0.2, -0.15) is 5.10 Å². The summed E-state index contributed by atoms with van der Waals surface area (Å²) in [6, 6.07) is 9.42. The van der Waals surface area contributed by atoms with Crippen molar-refractivity contribution in [1.29, 1.82) is 0 Å². The van der Waals surface area contributed by atoms with E-state index in [1.165, 1.54) is 22.4 Å². The topological polar surface area (TPSA) is 33.1 Å². The minimum Gasteiger partial charge on any atom is -0.312 e. The molecule has 1 atom stereocenters. The molecule has 1 aromatic heterocycles. The highest BCUT2D eigenvalue weighted by atomic mass is 15.3. The molecule has 0 aliphatic carbocycles. The number of nitrogens with one attached hydrogen (secondary N) is 1. The van der Waals surface area contributed by atoms with Crippen LogP contribution in [0.5, 0.6) is 0 Å². The summed E-state index contributed by atoms with van der Waals surface area (Å²) in [4.78, 5) is 2.53. The molecule has 2 heterocycles. The van der Waals surface area contributed by atoms with Crippen LogP contribution in [0.3, 0.4) is 0 Å². The number of aryl methyl sites for hydroxylation is 2.